The number of imidazole rings is 1. The van der Waals surface area contributed by atoms with Crippen LogP contribution in [0.15, 0.2) is 78.9 Å². The second kappa shape index (κ2) is 8.70. The first-order chi connectivity index (χ1) is 16.1. The van der Waals surface area contributed by atoms with Crippen molar-refractivity contribution in [2.45, 2.75) is 18.3 Å². The molecule has 0 N–H and O–H groups in total. The fraction of sp³-hybridized carbons (Fsp3) is 0.259. The molecule has 0 radical (unpaired) electrons. The molecule has 0 bridgehead atoms. The highest BCUT2D eigenvalue weighted by Gasteiger charge is 2.42. The number of carbonyl (C=O) groups excluding carboxylic acids is 1. The van der Waals surface area contributed by atoms with Crippen LogP contribution in [0, 0.1) is 5.82 Å². The van der Waals surface area contributed by atoms with E-state index in [1.807, 2.05) is 60.5 Å². The van der Waals surface area contributed by atoms with Gasteiger partial charge in [0.2, 0.25) is 0 Å². The number of ether oxygens (including phenoxy) is 1. The SMILES string of the molecule is Cn1c(C2(c3ccccc3)CCN(C(=O)COc3ccccc3)CC2)nc2cc(F)ccc21. The average Bonchev–Trinajstić information content (AvgIpc) is 3.19. The fourth-order valence-corrected chi connectivity index (χ4v) is 4.89. The normalized spacial score (nSPS) is 15.5. The van der Waals surface area contributed by atoms with Crippen LogP contribution in [0.25, 0.3) is 11.0 Å². The molecule has 0 aliphatic carbocycles. The first-order valence-electron chi connectivity index (χ1n) is 11.2. The maximum absolute atomic E-state index is 13.9. The average molecular weight is 444 g/mol. The van der Waals surface area contributed by atoms with Gasteiger partial charge in [-0.3, -0.25) is 4.79 Å². The van der Waals surface area contributed by atoms with E-state index in [-0.39, 0.29) is 23.7 Å². The number of amides is 1. The summed E-state index contributed by atoms with van der Waals surface area (Å²) in [4.78, 5) is 19.6. The molecule has 1 aliphatic rings. The summed E-state index contributed by atoms with van der Waals surface area (Å²) in [7, 11) is 1.98. The number of halogens is 1. The van der Waals surface area contributed by atoms with Crippen LogP contribution in [-0.4, -0.2) is 40.1 Å². The zero-order chi connectivity index (χ0) is 22.8. The molecule has 0 unspecified atom stereocenters. The Balaban J connectivity index is 1.42. The number of fused-ring (bicyclic) bond motifs is 1. The molecule has 1 aliphatic heterocycles. The number of carbonyl (C=O) groups is 1. The summed E-state index contributed by atoms with van der Waals surface area (Å²) < 4.78 is 21.6. The quantitative estimate of drug-likeness (QED) is 0.449. The number of piperidine rings is 1. The summed E-state index contributed by atoms with van der Waals surface area (Å²) in [5.41, 5.74) is 2.35. The third-order valence-electron chi connectivity index (χ3n) is 6.67. The fourth-order valence-electron chi connectivity index (χ4n) is 4.89. The summed E-state index contributed by atoms with van der Waals surface area (Å²) in [6.45, 7) is 1.22. The first-order valence-corrected chi connectivity index (χ1v) is 11.2. The minimum atomic E-state index is -0.359. The molecule has 0 atom stereocenters. The van der Waals surface area contributed by atoms with Crippen molar-refractivity contribution in [3.05, 3.63) is 96.1 Å². The molecule has 1 amide bonds. The highest BCUT2D eigenvalue weighted by atomic mass is 19.1. The van der Waals surface area contributed by atoms with E-state index in [0.29, 0.717) is 24.4 Å². The molecule has 2 heterocycles. The predicted molar refractivity (Wildman–Crippen MR) is 126 cm³/mol. The van der Waals surface area contributed by atoms with Gasteiger partial charge in [-0.2, -0.15) is 0 Å². The lowest BCUT2D eigenvalue weighted by Crippen LogP contribution is -2.48. The second-order valence-electron chi connectivity index (χ2n) is 8.56. The maximum Gasteiger partial charge on any atom is 0.260 e. The van der Waals surface area contributed by atoms with Gasteiger partial charge >= 0.3 is 0 Å². The predicted octanol–water partition coefficient (Wildman–Crippen LogP) is 4.70. The van der Waals surface area contributed by atoms with Crippen molar-refractivity contribution < 1.29 is 13.9 Å². The topological polar surface area (TPSA) is 47.4 Å². The second-order valence-corrected chi connectivity index (χ2v) is 8.56. The number of hydrogen-bond acceptors (Lipinski definition) is 3. The van der Waals surface area contributed by atoms with Crippen molar-refractivity contribution in [1.29, 1.82) is 0 Å². The van der Waals surface area contributed by atoms with E-state index in [1.165, 1.54) is 12.1 Å². The summed E-state index contributed by atoms with van der Waals surface area (Å²) in [5, 5.41) is 0. The summed E-state index contributed by atoms with van der Waals surface area (Å²) in [6, 6.07) is 24.4. The number of para-hydroxylation sites is 1. The van der Waals surface area contributed by atoms with E-state index < -0.39 is 0 Å². The Bertz CT molecular complexity index is 1260. The minimum Gasteiger partial charge on any atom is -0.484 e. The van der Waals surface area contributed by atoms with Crippen LogP contribution < -0.4 is 4.74 Å². The Kier molecular flexibility index (Phi) is 5.58. The van der Waals surface area contributed by atoms with Gasteiger partial charge in [-0.05, 0) is 42.7 Å². The van der Waals surface area contributed by atoms with Gasteiger partial charge in [-0.15, -0.1) is 0 Å². The first kappa shape index (κ1) is 21.2. The number of rotatable bonds is 5. The van der Waals surface area contributed by atoms with Gasteiger partial charge in [-0.25, -0.2) is 9.37 Å². The zero-order valence-corrected chi connectivity index (χ0v) is 18.6. The van der Waals surface area contributed by atoms with Gasteiger partial charge in [0, 0.05) is 26.2 Å². The monoisotopic (exact) mass is 443 g/mol. The lowest BCUT2D eigenvalue weighted by molar-refractivity contribution is -0.134. The Labute approximate surface area is 192 Å². The molecular formula is C27H26FN3O2. The summed E-state index contributed by atoms with van der Waals surface area (Å²) >= 11 is 0. The number of likely N-dealkylation sites (tertiary alicyclic amines) is 1. The molecular weight excluding hydrogens is 417 g/mol. The molecule has 6 heteroatoms. The van der Waals surface area contributed by atoms with Crippen molar-refractivity contribution >= 4 is 16.9 Å². The van der Waals surface area contributed by atoms with Crippen LogP contribution in [0.2, 0.25) is 0 Å². The highest BCUT2D eigenvalue weighted by Crippen LogP contribution is 2.42. The van der Waals surface area contributed by atoms with Crippen molar-refractivity contribution in [2.24, 2.45) is 7.05 Å². The maximum atomic E-state index is 13.9. The zero-order valence-electron chi connectivity index (χ0n) is 18.6. The summed E-state index contributed by atoms with van der Waals surface area (Å²) in [6.07, 6.45) is 1.46. The van der Waals surface area contributed by atoms with Crippen molar-refractivity contribution in [3.8, 4) is 5.75 Å². The van der Waals surface area contributed by atoms with Gasteiger partial charge in [-0.1, -0.05) is 48.5 Å². The number of hydrogen-bond donors (Lipinski definition) is 0. The molecule has 5 nitrogen and oxygen atoms in total. The van der Waals surface area contributed by atoms with Crippen LogP contribution in [0.3, 0.4) is 0 Å². The van der Waals surface area contributed by atoms with Gasteiger partial charge in [0.1, 0.15) is 17.4 Å². The smallest absolute Gasteiger partial charge is 0.260 e. The molecule has 5 rings (SSSR count). The molecule has 168 valence electrons. The Morgan fingerprint density at radius 2 is 1.67 bits per heavy atom. The lowest BCUT2D eigenvalue weighted by Gasteiger charge is -2.41. The van der Waals surface area contributed by atoms with Crippen molar-refractivity contribution in [3.63, 3.8) is 0 Å². The number of benzene rings is 3. The van der Waals surface area contributed by atoms with E-state index >= 15 is 0 Å². The van der Waals surface area contributed by atoms with E-state index in [1.54, 1.807) is 6.07 Å². The number of nitrogens with zero attached hydrogens (tertiary/aromatic N) is 3. The summed E-state index contributed by atoms with van der Waals surface area (Å²) in [5.74, 6) is 1.28. The molecule has 4 aromatic rings. The van der Waals surface area contributed by atoms with E-state index in [4.69, 9.17) is 9.72 Å². The van der Waals surface area contributed by atoms with E-state index in [0.717, 1.165) is 29.7 Å². The van der Waals surface area contributed by atoms with E-state index in [9.17, 15) is 9.18 Å². The van der Waals surface area contributed by atoms with Crippen LogP contribution >= 0.6 is 0 Å². The van der Waals surface area contributed by atoms with Crippen LogP contribution in [0.4, 0.5) is 4.39 Å². The molecule has 0 saturated carbocycles. The number of aromatic nitrogens is 2. The van der Waals surface area contributed by atoms with Crippen molar-refractivity contribution in [1.82, 2.24) is 14.5 Å². The van der Waals surface area contributed by atoms with Crippen molar-refractivity contribution in [2.75, 3.05) is 19.7 Å². The Morgan fingerprint density at radius 3 is 2.36 bits per heavy atom. The molecule has 3 aromatic carbocycles. The van der Waals surface area contributed by atoms with Crippen LogP contribution in [0.1, 0.15) is 24.2 Å². The molecule has 1 aromatic heterocycles. The highest BCUT2D eigenvalue weighted by molar-refractivity contribution is 5.78. The molecule has 33 heavy (non-hydrogen) atoms. The van der Waals surface area contributed by atoms with Gasteiger partial charge in [0.05, 0.1) is 16.4 Å². The van der Waals surface area contributed by atoms with Crippen LogP contribution in [-0.2, 0) is 17.3 Å². The third kappa shape index (κ3) is 3.97. The standard InChI is InChI=1S/C27H26FN3O2/c1-30-24-13-12-21(28)18-23(24)29-26(30)27(20-8-4-2-5-9-20)14-16-31(17-15-27)25(32)19-33-22-10-6-3-7-11-22/h2-13,18H,14-17,19H2,1H3. The van der Waals surface area contributed by atoms with Crippen LogP contribution in [0.5, 0.6) is 5.75 Å². The Hall–Kier alpha value is -3.67. The Morgan fingerprint density at radius 1 is 1.00 bits per heavy atom. The van der Waals surface area contributed by atoms with Gasteiger partial charge in [0.25, 0.3) is 5.91 Å². The lowest BCUT2D eigenvalue weighted by atomic mass is 9.72. The van der Waals surface area contributed by atoms with E-state index in [2.05, 4.69) is 16.7 Å². The molecule has 1 fully saturated rings. The third-order valence-corrected chi connectivity index (χ3v) is 6.67. The largest absolute Gasteiger partial charge is 0.484 e. The number of aryl methyl sites for hydroxylation is 1. The van der Waals surface area contributed by atoms with Gasteiger partial charge < -0.3 is 14.2 Å². The molecule has 0 spiro atoms. The van der Waals surface area contributed by atoms with Gasteiger partial charge in [0.15, 0.2) is 6.61 Å². The molecule has 1 saturated heterocycles. The minimum absolute atomic E-state index is 0.0208.